The summed E-state index contributed by atoms with van der Waals surface area (Å²) in [5.41, 5.74) is 0. The second kappa shape index (κ2) is 4.79. The highest BCUT2D eigenvalue weighted by molar-refractivity contribution is 5.88. The van der Waals surface area contributed by atoms with Crippen molar-refractivity contribution in [2.75, 3.05) is 18.4 Å². The Hall–Kier alpha value is -1.56. The van der Waals surface area contributed by atoms with Crippen LogP contribution in [0.3, 0.4) is 0 Å². The molecule has 1 aromatic heterocycles. The zero-order valence-electron chi connectivity index (χ0n) is 8.31. The molecular weight excluding hydrogens is 194 g/mol. The maximum Gasteiger partial charge on any atom is 0.249 e. The van der Waals surface area contributed by atoms with Crippen LogP contribution in [-0.2, 0) is 4.79 Å². The van der Waals surface area contributed by atoms with E-state index >= 15 is 0 Å². The van der Waals surface area contributed by atoms with Crippen molar-refractivity contribution in [3.05, 3.63) is 12.4 Å². The van der Waals surface area contributed by atoms with Gasteiger partial charge in [-0.1, -0.05) is 0 Å². The van der Waals surface area contributed by atoms with Crippen molar-refractivity contribution in [1.29, 1.82) is 0 Å². The Morgan fingerprint density at radius 1 is 1.60 bits per heavy atom. The van der Waals surface area contributed by atoms with E-state index < -0.39 is 0 Å². The highest BCUT2D eigenvalue weighted by Gasteiger charge is 2.18. The van der Waals surface area contributed by atoms with Crippen molar-refractivity contribution >= 4 is 11.9 Å². The third-order valence-corrected chi connectivity index (χ3v) is 2.37. The van der Waals surface area contributed by atoms with Gasteiger partial charge in [-0.3, -0.25) is 10.1 Å². The fourth-order valence-electron chi connectivity index (χ4n) is 1.63. The van der Waals surface area contributed by atoms with Gasteiger partial charge in [-0.2, -0.15) is 5.10 Å². The lowest BCUT2D eigenvalue weighted by molar-refractivity contribution is -0.117. The number of carbonyl (C=O) groups excluding carboxylic acids is 1. The van der Waals surface area contributed by atoms with Gasteiger partial charge in [0.25, 0.3) is 0 Å². The van der Waals surface area contributed by atoms with E-state index in [1.54, 1.807) is 0 Å². The number of carbonyl (C=O) groups is 1. The molecule has 2 heterocycles. The molecule has 15 heavy (non-hydrogen) atoms. The van der Waals surface area contributed by atoms with Gasteiger partial charge in [-0.25, -0.2) is 4.98 Å². The van der Waals surface area contributed by atoms with Crippen molar-refractivity contribution < 1.29 is 4.79 Å². The molecular formula is C9H13N5O. The lowest BCUT2D eigenvalue weighted by Crippen LogP contribution is -2.19. The minimum Gasteiger partial charge on any atom is -0.316 e. The van der Waals surface area contributed by atoms with Gasteiger partial charge in [0, 0.05) is 6.42 Å². The zero-order valence-corrected chi connectivity index (χ0v) is 8.31. The van der Waals surface area contributed by atoms with Crippen LogP contribution in [0, 0.1) is 5.92 Å². The van der Waals surface area contributed by atoms with Crippen LogP contribution in [0.15, 0.2) is 12.4 Å². The van der Waals surface area contributed by atoms with Crippen molar-refractivity contribution in [3.63, 3.8) is 0 Å². The highest BCUT2D eigenvalue weighted by Crippen LogP contribution is 2.12. The van der Waals surface area contributed by atoms with Gasteiger partial charge in [0.2, 0.25) is 11.9 Å². The Kier molecular flexibility index (Phi) is 3.18. The van der Waals surface area contributed by atoms with Gasteiger partial charge in [-0.15, -0.1) is 5.10 Å². The van der Waals surface area contributed by atoms with E-state index in [2.05, 4.69) is 25.8 Å². The first-order chi connectivity index (χ1) is 7.34. The number of anilines is 1. The van der Waals surface area contributed by atoms with Gasteiger partial charge in [0.15, 0.2) is 0 Å². The maximum atomic E-state index is 11.5. The summed E-state index contributed by atoms with van der Waals surface area (Å²) in [6.45, 7) is 1.92. The second-order valence-corrected chi connectivity index (χ2v) is 3.58. The molecule has 1 amide bonds. The van der Waals surface area contributed by atoms with Gasteiger partial charge < -0.3 is 5.32 Å². The Balaban J connectivity index is 1.82. The summed E-state index contributed by atoms with van der Waals surface area (Å²) >= 11 is 0. The molecule has 80 valence electrons. The largest absolute Gasteiger partial charge is 0.316 e. The number of aromatic nitrogens is 3. The third kappa shape index (κ3) is 2.95. The average Bonchev–Trinajstić information content (AvgIpc) is 2.71. The standard InChI is InChI=1S/C9H13N5O/c15-8(5-7-1-2-10-6-7)13-9-11-3-4-12-14-9/h3-4,7,10H,1-2,5-6H2,(H,11,13,14,15). The summed E-state index contributed by atoms with van der Waals surface area (Å²) in [6.07, 6.45) is 4.54. The topological polar surface area (TPSA) is 79.8 Å². The lowest BCUT2D eigenvalue weighted by atomic mass is 10.1. The Morgan fingerprint density at radius 2 is 2.53 bits per heavy atom. The van der Waals surface area contributed by atoms with Crippen LogP contribution in [0.4, 0.5) is 5.95 Å². The molecule has 1 saturated heterocycles. The minimum absolute atomic E-state index is 0.0447. The molecule has 0 bridgehead atoms. The van der Waals surface area contributed by atoms with Crippen molar-refractivity contribution in [3.8, 4) is 0 Å². The summed E-state index contributed by atoms with van der Waals surface area (Å²) in [5, 5.41) is 13.1. The molecule has 1 unspecified atom stereocenters. The average molecular weight is 207 g/mol. The van der Waals surface area contributed by atoms with E-state index in [9.17, 15) is 4.79 Å². The first-order valence-corrected chi connectivity index (χ1v) is 4.99. The summed E-state index contributed by atoms with van der Waals surface area (Å²) in [5.74, 6) is 0.659. The summed E-state index contributed by atoms with van der Waals surface area (Å²) in [7, 11) is 0. The number of rotatable bonds is 3. The Morgan fingerprint density at radius 3 is 3.20 bits per heavy atom. The van der Waals surface area contributed by atoms with E-state index in [4.69, 9.17) is 0 Å². The summed E-state index contributed by atoms with van der Waals surface area (Å²) in [4.78, 5) is 15.4. The summed E-state index contributed by atoms with van der Waals surface area (Å²) < 4.78 is 0. The minimum atomic E-state index is -0.0447. The fourth-order valence-corrected chi connectivity index (χ4v) is 1.63. The molecule has 0 spiro atoms. The smallest absolute Gasteiger partial charge is 0.249 e. The normalized spacial score (nSPS) is 20.1. The number of hydrogen-bond acceptors (Lipinski definition) is 5. The zero-order chi connectivity index (χ0) is 10.5. The van der Waals surface area contributed by atoms with E-state index in [1.165, 1.54) is 12.4 Å². The second-order valence-electron chi connectivity index (χ2n) is 3.58. The number of nitrogens with zero attached hydrogens (tertiary/aromatic N) is 3. The summed E-state index contributed by atoms with van der Waals surface area (Å²) in [6, 6.07) is 0. The molecule has 6 heteroatoms. The van der Waals surface area contributed by atoms with Gasteiger partial charge >= 0.3 is 0 Å². The van der Waals surface area contributed by atoms with Gasteiger partial charge in [0.1, 0.15) is 0 Å². The van der Waals surface area contributed by atoms with Gasteiger partial charge in [0.05, 0.1) is 12.4 Å². The maximum absolute atomic E-state index is 11.5. The number of nitrogens with one attached hydrogen (secondary N) is 2. The van der Waals surface area contributed by atoms with Crippen LogP contribution in [0.2, 0.25) is 0 Å². The predicted molar refractivity (Wildman–Crippen MR) is 54.1 cm³/mol. The molecule has 2 N–H and O–H groups in total. The number of hydrogen-bond donors (Lipinski definition) is 2. The first-order valence-electron chi connectivity index (χ1n) is 4.99. The molecule has 1 aliphatic heterocycles. The third-order valence-electron chi connectivity index (χ3n) is 2.37. The Labute approximate surface area is 87.5 Å². The molecule has 1 aromatic rings. The fraction of sp³-hybridized carbons (Fsp3) is 0.556. The van der Waals surface area contributed by atoms with E-state index in [1.807, 2.05) is 0 Å². The molecule has 1 aliphatic rings. The Bertz CT molecular complexity index is 323. The van der Waals surface area contributed by atoms with Crippen LogP contribution in [0.25, 0.3) is 0 Å². The van der Waals surface area contributed by atoms with Crippen LogP contribution >= 0.6 is 0 Å². The predicted octanol–water partition coefficient (Wildman–Crippen LogP) is -0.190. The van der Waals surface area contributed by atoms with E-state index in [0.29, 0.717) is 12.3 Å². The van der Waals surface area contributed by atoms with E-state index in [0.717, 1.165) is 19.5 Å². The van der Waals surface area contributed by atoms with E-state index in [-0.39, 0.29) is 11.9 Å². The molecule has 2 rings (SSSR count). The lowest BCUT2D eigenvalue weighted by Gasteiger charge is -2.06. The van der Waals surface area contributed by atoms with Crippen LogP contribution < -0.4 is 10.6 Å². The molecule has 1 atom stereocenters. The first kappa shape index (κ1) is 9.97. The molecule has 0 aromatic carbocycles. The van der Waals surface area contributed by atoms with Crippen LogP contribution in [0.1, 0.15) is 12.8 Å². The molecule has 1 fully saturated rings. The monoisotopic (exact) mass is 207 g/mol. The molecule has 0 aliphatic carbocycles. The SMILES string of the molecule is O=C(CC1CCNC1)Nc1nccnn1. The highest BCUT2D eigenvalue weighted by atomic mass is 16.1. The van der Waals surface area contributed by atoms with Crippen molar-refractivity contribution in [1.82, 2.24) is 20.5 Å². The molecule has 0 saturated carbocycles. The van der Waals surface area contributed by atoms with Crippen LogP contribution in [-0.4, -0.2) is 34.2 Å². The van der Waals surface area contributed by atoms with Crippen molar-refractivity contribution in [2.45, 2.75) is 12.8 Å². The quantitative estimate of drug-likeness (QED) is 0.718. The van der Waals surface area contributed by atoms with Crippen molar-refractivity contribution in [2.24, 2.45) is 5.92 Å². The molecule has 6 nitrogen and oxygen atoms in total. The number of amides is 1. The molecule has 0 radical (unpaired) electrons. The van der Waals surface area contributed by atoms with Crippen LogP contribution in [0.5, 0.6) is 0 Å². The van der Waals surface area contributed by atoms with Gasteiger partial charge in [-0.05, 0) is 25.4 Å².